The Kier molecular flexibility index (Phi) is 22.3. The number of carbonyl (C=O) groups excluding carboxylic acids is 5. The van der Waals surface area contributed by atoms with Crippen molar-refractivity contribution >= 4 is 52.8 Å². The summed E-state index contributed by atoms with van der Waals surface area (Å²) in [5, 5.41) is 142. The van der Waals surface area contributed by atoms with Crippen LogP contribution in [0.3, 0.4) is 0 Å². The van der Waals surface area contributed by atoms with E-state index in [4.69, 9.17) is 44.6 Å². The number of hydrogen-bond acceptors (Lipinski definition) is 30. The minimum Gasteiger partial charge on any atom is -0.462 e. The van der Waals surface area contributed by atoms with Crippen molar-refractivity contribution in [3.63, 3.8) is 0 Å². The maximum Gasteiger partial charge on any atom is 0.246 e. The fourth-order valence-electron chi connectivity index (χ4n) is 12.7. The number of nitrogens with one attached hydrogen (secondary N) is 6. The van der Waals surface area contributed by atoms with Crippen LogP contribution >= 0.6 is 11.3 Å². The molecule has 25 atom stereocenters. The highest BCUT2D eigenvalue weighted by Gasteiger charge is 2.55. The van der Waals surface area contributed by atoms with Gasteiger partial charge in [-0.3, -0.25) is 34.0 Å². The van der Waals surface area contributed by atoms with Crippen LogP contribution in [0, 0.1) is 0 Å². The zero-order chi connectivity index (χ0) is 69.1. The summed E-state index contributed by atoms with van der Waals surface area (Å²) in [4.78, 5) is 82.3. The lowest BCUT2D eigenvalue weighted by molar-refractivity contribution is -0.383. The van der Waals surface area contributed by atoms with Crippen LogP contribution in [0.1, 0.15) is 35.8 Å². The monoisotopic (exact) mass is 1380 g/mol. The standard InChI is InChI=1S/C62H79N11O23S/c1-25(27-6-3-2-4-7-27)39-55(88)68-32(53(86)71-40(42(77)33-18-66-61(63)69-33)56(89)72-41(54(87)65-20-38(76)70-39)43(78)34-19-67-62(64)73(34)57-48(83)45(80)44(79)35(21-74)92-57)16-26-10-12-31(13-11-26)91-59-49(84)46(81)51(36(22-75)93-59)96-60-50(85)47(82)52-37(94-60)23-90-58(95-52)29-9-5-8-28(17-29)30-14-15-97-24-30/h2-15,17,24-25,32-37,39-52,57-60,74-75,77-85H,16,18-23H2,1H3,(H2,64,67)(H,65,87)(H,68,88)(H,70,76)(H,71,86)(H,72,89)(H3,63,66,69). The van der Waals surface area contributed by atoms with Crippen molar-refractivity contribution in [2.45, 2.75) is 166 Å². The Morgan fingerprint density at radius 3 is 2.07 bits per heavy atom. The summed E-state index contributed by atoms with van der Waals surface area (Å²) in [6, 6.07) is 13.4. The Labute approximate surface area is 557 Å². The first-order valence-electron chi connectivity index (χ1n) is 31.3. The molecule has 5 fully saturated rings. The number of benzene rings is 3. The summed E-state index contributed by atoms with van der Waals surface area (Å²) in [6.07, 6.45) is -29.9. The molecule has 5 amide bonds. The van der Waals surface area contributed by atoms with Crippen molar-refractivity contribution in [2.75, 3.05) is 39.5 Å². The fourth-order valence-corrected chi connectivity index (χ4v) is 13.4. The van der Waals surface area contributed by atoms with Gasteiger partial charge in [0.05, 0.1) is 51.5 Å². The van der Waals surface area contributed by atoms with Crippen molar-refractivity contribution < 1.29 is 113 Å². The topological polar surface area (TPSA) is 525 Å². The van der Waals surface area contributed by atoms with Crippen LogP contribution in [-0.4, -0.2) is 282 Å². The third-order valence-corrected chi connectivity index (χ3v) is 18.9. The molecule has 7 aliphatic rings. The number of aliphatic hydroxyl groups excluding tert-OH is 11. The van der Waals surface area contributed by atoms with E-state index in [0.29, 0.717) is 11.1 Å². The molecule has 0 radical (unpaired) electrons. The van der Waals surface area contributed by atoms with Gasteiger partial charge in [-0.05, 0) is 57.3 Å². The number of thiophene rings is 1. The zero-order valence-electron chi connectivity index (χ0n) is 51.8. The molecule has 5 saturated heterocycles. The summed E-state index contributed by atoms with van der Waals surface area (Å²) in [7, 11) is 0. The Balaban J connectivity index is 0.807. The number of carbonyl (C=O) groups is 5. The quantitative estimate of drug-likeness (QED) is 0.0467. The normalized spacial score (nSPS) is 36.3. The predicted octanol–water partition coefficient (Wildman–Crippen LogP) is -7.60. The molecular weight excluding hydrogens is 1300 g/mol. The van der Waals surface area contributed by atoms with Crippen LogP contribution in [0.4, 0.5) is 0 Å². The number of rotatable bonds is 17. The molecule has 0 aliphatic carbocycles. The van der Waals surface area contributed by atoms with Crippen molar-refractivity contribution in [3.8, 4) is 16.9 Å². The van der Waals surface area contributed by atoms with E-state index < -0.39 is 221 Å². The second-order valence-corrected chi connectivity index (χ2v) is 25.3. The second-order valence-electron chi connectivity index (χ2n) is 24.5. The number of hydrogen-bond donors (Lipinski definition) is 19. The largest absolute Gasteiger partial charge is 0.462 e. The molecule has 3 aromatic carbocycles. The first kappa shape index (κ1) is 70.7. The van der Waals surface area contributed by atoms with Crippen LogP contribution in [0.25, 0.3) is 11.1 Å². The average molecular weight is 1380 g/mol. The van der Waals surface area contributed by atoms with E-state index in [1.54, 1.807) is 54.7 Å². The van der Waals surface area contributed by atoms with Gasteiger partial charge in [0.25, 0.3) is 0 Å². The van der Waals surface area contributed by atoms with E-state index in [0.717, 1.165) is 16.0 Å². The number of ether oxygens (including phenoxy) is 7. The lowest BCUT2D eigenvalue weighted by Crippen LogP contribution is -2.69. The maximum atomic E-state index is 15.0. The third-order valence-electron chi connectivity index (χ3n) is 18.2. The fraction of sp³-hybridized carbons (Fsp3) is 0.532. The minimum atomic E-state index is -2.16. The smallest absolute Gasteiger partial charge is 0.246 e. The van der Waals surface area contributed by atoms with Crippen molar-refractivity contribution in [3.05, 3.63) is 112 Å². The zero-order valence-corrected chi connectivity index (χ0v) is 52.7. The molecule has 25 unspecified atom stereocenters. The summed E-state index contributed by atoms with van der Waals surface area (Å²) < 4.78 is 41.7. The van der Waals surface area contributed by atoms with Gasteiger partial charge in [0, 0.05) is 17.9 Å². The van der Waals surface area contributed by atoms with Gasteiger partial charge >= 0.3 is 0 Å². The molecule has 526 valence electrons. The van der Waals surface area contributed by atoms with Crippen molar-refractivity contribution in [1.29, 1.82) is 0 Å². The number of aliphatic hydroxyl groups is 11. The first-order chi connectivity index (χ1) is 46.5. The third kappa shape index (κ3) is 15.3. The minimum absolute atomic E-state index is 0.00597. The van der Waals surface area contributed by atoms with Gasteiger partial charge in [-0.25, -0.2) is 0 Å². The van der Waals surface area contributed by atoms with Gasteiger partial charge in [0.15, 0.2) is 30.7 Å². The highest BCUT2D eigenvalue weighted by molar-refractivity contribution is 7.08. The Hall–Kier alpha value is -7.63. The van der Waals surface area contributed by atoms with Crippen LogP contribution in [-0.2, 0) is 58.8 Å². The number of fused-ring (bicyclic) bond motifs is 1. The summed E-state index contributed by atoms with van der Waals surface area (Å²) in [6.45, 7) is -1.76. The SMILES string of the molecule is CC(c1ccccc1)C1NC(=O)CNC(=O)C(C(O)C2CN=C(N)N2C2OC(CO)C(O)C(O)C2O)NC(=O)C(C(O)C2CN=C(N)N2)NC(=O)C(Cc2ccc(OC3OC(CO)C(OC4OC5COC(c6cccc(-c7ccsc7)c6)OC5C(O)C4O)C(O)C3O)cc2)NC1=O. The molecule has 0 saturated carbocycles. The molecule has 34 nitrogen and oxygen atoms in total. The van der Waals surface area contributed by atoms with Crippen LogP contribution < -0.4 is 48.1 Å². The van der Waals surface area contributed by atoms with Gasteiger partial charge in [-0.1, -0.05) is 67.6 Å². The number of nitrogens with zero attached hydrogens (tertiary/aromatic N) is 3. The highest BCUT2D eigenvalue weighted by atomic mass is 32.1. The summed E-state index contributed by atoms with van der Waals surface area (Å²) in [5.41, 5.74) is 15.6. The summed E-state index contributed by atoms with van der Waals surface area (Å²) in [5.74, 6) is -7.01. The number of amides is 5. The van der Waals surface area contributed by atoms with E-state index in [-0.39, 0.29) is 30.4 Å². The Morgan fingerprint density at radius 1 is 0.660 bits per heavy atom. The molecule has 1 aromatic heterocycles. The van der Waals surface area contributed by atoms with E-state index in [2.05, 4.69) is 41.9 Å². The second kappa shape index (κ2) is 30.6. The van der Waals surface area contributed by atoms with Crippen molar-refractivity contribution in [2.24, 2.45) is 21.5 Å². The first-order valence-corrected chi connectivity index (χ1v) is 32.3. The summed E-state index contributed by atoms with van der Waals surface area (Å²) >= 11 is 1.54. The van der Waals surface area contributed by atoms with Gasteiger partial charge < -0.3 is 138 Å². The van der Waals surface area contributed by atoms with Gasteiger partial charge in [-0.2, -0.15) is 11.3 Å². The van der Waals surface area contributed by atoms with Crippen LogP contribution in [0.2, 0.25) is 0 Å². The molecule has 0 spiro atoms. The average Bonchev–Trinajstić information content (AvgIpc) is 1.75. The number of guanidine groups is 2. The molecule has 0 bridgehead atoms. The van der Waals surface area contributed by atoms with Gasteiger partial charge in [0.1, 0.15) is 115 Å². The lowest BCUT2D eigenvalue weighted by Gasteiger charge is -2.48. The Bertz CT molecular complexity index is 3450. The molecule has 4 aromatic rings. The van der Waals surface area contributed by atoms with Gasteiger partial charge in [-0.15, -0.1) is 0 Å². The molecule has 8 heterocycles. The van der Waals surface area contributed by atoms with E-state index in [1.165, 1.54) is 24.3 Å². The Morgan fingerprint density at radius 2 is 1.37 bits per heavy atom. The van der Waals surface area contributed by atoms with E-state index in [9.17, 15) is 75.3 Å². The molecule has 97 heavy (non-hydrogen) atoms. The maximum absolute atomic E-state index is 15.0. The van der Waals surface area contributed by atoms with Crippen LogP contribution in [0.5, 0.6) is 5.75 Å². The molecule has 21 N–H and O–H groups in total. The molecule has 7 aliphatic heterocycles. The molecule has 11 rings (SSSR count). The van der Waals surface area contributed by atoms with Crippen molar-refractivity contribution in [1.82, 2.24) is 36.8 Å². The van der Waals surface area contributed by atoms with Crippen LogP contribution in [0.15, 0.2) is 106 Å². The van der Waals surface area contributed by atoms with Gasteiger partial charge in [0.2, 0.25) is 35.8 Å². The highest BCUT2D eigenvalue weighted by Crippen LogP contribution is 2.38. The molecular formula is C62H79N11O23S. The lowest BCUT2D eigenvalue weighted by atomic mass is 9.92. The number of aliphatic imine (C=N–C) groups is 2. The van der Waals surface area contributed by atoms with E-state index >= 15 is 4.79 Å². The van der Waals surface area contributed by atoms with E-state index in [1.807, 2.05) is 35.0 Å². The number of nitrogens with two attached hydrogens (primary N) is 2. The molecule has 35 heteroatoms. The predicted molar refractivity (Wildman–Crippen MR) is 334 cm³/mol.